The smallest absolute Gasteiger partial charge is 0.338 e. The van der Waals surface area contributed by atoms with Gasteiger partial charge < -0.3 is 14.6 Å². The van der Waals surface area contributed by atoms with E-state index in [9.17, 15) is 19.5 Å². The molecule has 0 heterocycles. The van der Waals surface area contributed by atoms with E-state index in [1.54, 1.807) is 30.3 Å². The van der Waals surface area contributed by atoms with Gasteiger partial charge in [0.05, 0.1) is 24.5 Å². The van der Waals surface area contributed by atoms with Crippen molar-refractivity contribution in [2.75, 3.05) is 13.7 Å². The predicted molar refractivity (Wildman–Crippen MR) is 82.9 cm³/mol. The normalized spacial score (nSPS) is 31.6. The lowest BCUT2D eigenvalue weighted by molar-refractivity contribution is -0.149. The van der Waals surface area contributed by atoms with E-state index in [2.05, 4.69) is 0 Å². The van der Waals surface area contributed by atoms with Gasteiger partial charge >= 0.3 is 11.9 Å². The third kappa shape index (κ3) is 2.71. The third-order valence-electron chi connectivity index (χ3n) is 5.19. The Hall–Kier alpha value is -2.21. The molecule has 2 aliphatic rings. The number of carbonyl (C=O) groups is 3. The number of esters is 2. The molecule has 1 aromatic carbocycles. The Bertz CT molecular complexity index is 640. The molecule has 0 radical (unpaired) electrons. The summed E-state index contributed by atoms with van der Waals surface area (Å²) in [5.74, 6) is -3.18. The van der Waals surface area contributed by atoms with Crippen molar-refractivity contribution in [3.8, 4) is 0 Å². The summed E-state index contributed by atoms with van der Waals surface area (Å²) >= 11 is 0. The van der Waals surface area contributed by atoms with Crippen LogP contribution in [-0.4, -0.2) is 42.6 Å². The summed E-state index contributed by atoms with van der Waals surface area (Å²) < 4.78 is 10.5. The zero-order chi connectivity index (χ0) is 17.3. The van der Waals surface area contributed by atoms with Crippen LogP contribution in [0.15, 0.2) is 30.3 Å². The molecule has 0 spiro atoms. The van der Waals surface area contributed by atoms with Crippen molar-refractivity contribution in [3.05, 3.63) is 35.9 Å². The first-order valence-electron chi connectivity index (χ1n) is 8.06. The van der Waals surface area contributed by atoms with Crippen LogP contribution in [0.1, 0.15) is 23.2 Å². The van der Waals surface area contributed by atoms with Crippen LogP contribution >= 0.6 is 0 Å². The fraction of sp³-hybridized carbons (Fsp3) is 0.500. The standard InChI is InChI=1S/C18H20O6/c1-23-18(22)14-11-7-8-13(20)15(12(14)9-19)16(11)24-17(21)10-5-3-2-4-6-10/h2-6,11-12,14-16,19H,7-9H2,1H3/t11-,12-,14+,15-,16+/m0/s1. The highest BCUT2D eigenvalue weighted by Crippen LogP contribution is 2.50. The molecule has 24 heavy (non-hydrogen) atoms. The highest BCUT2D eigenvalue weighted by Gasteiger charge is 2.60. The van der Waals surface area contributed by atoms with Gasteiger partial charge in [0.2, 0.25) is 0 Å². The van der Waals surface area contributed by atoms with Crippen LogP contribution in [0, 0.1) is 23.7 Å². The van der Waals surface area contributed by atoms with Crippen LogP contribution in [0.5, 0.6) is 0 Å². The van der Waals surface area contributed by atoms with E-state index in [0.717, 1.165) is 0 Å². The number of hydrogen-bond acceptors (Lipinski definition) is 6. The van der Waals surface area contributed by atoms with E-state index >= 15 is 0 Å². The van der Waals surface area contributed by atoms with Crippen molar-refractivity contribution in [2.24, 2.45) is 23.7 Å². The fourth-order valence-corrected chi connectivity index (χ4v) is 4.14. The SMILES string of the molecule is COC(=O)[C@@H]1[C@@H]2CCC(=O)[C@H]([C@H]1CO)[C@@H]2OC(=O)c1ccccc1. The van der Waals surface area contributed by atoms with Gasteiger partial charge in [0.25, 0.3) is 0 Å². The molecule has 2 fully saturated rings. The number of Topliss-reactive ketones (excluding diaryl/α,β-unsaturated/α-hetero) is 1. The zero-order valence-electron chi connectivity index (χ0n) is 13.4. The first kappa shape index (κ1) is 16.6. The summed E-state index contributed by atoms with van der Waals surface area (Å²) in [4.78, 5) is 36.9. The average Bonchev–Trinajstić information content (AvgIpc) is 2.83. The van der Waals surface area contributed by atoms with E-state index in [0.29, 0.717) is 18.4 Å². The maximum absolute atomic E-state index is 12.4. The van der Waals surface area contributed by atoms with Crippen LogP contribution in [0.25, 0.3) is 0 Å². The maximum atomic E-state index is 12.4. The molecule has 0 amide bonds. The number of fused-ring (bicyclic) bond motifs is 2. The zero-order valence-corrected chi connectivity index (χ0v) is 13.4. The summed E-state index contributed by atoms with van der Waals surface area (Å²) in [6.07, 6.45) is 0.0945. The number of rotatable bonds is 4. The number of ketones is 1. The first-order chi connectivity index (χ1) is 11.6. The van der Waals surface area contributed by atoms with Gasteiger partial charge in [-0.2, -0.15) is 0 Å². The van der Waals surface area contributed by atoms with Gasteiger partial charge in [-0.1, -0.05) is 18.2 Å². The maximum Gasteiger partial charge on any atom is 0.338 e. The summed E-state index contributed by atoms with van der Waals surface area (Å²) in [5.41, 5.74) is 0.394. The van der Waals surface area contributed by atoms with Crippen molar-refractivity contribution in [1.82, 2.24) is 0 Å². The van der Waals surface area contributed by atoms with Crippen molar-refractivity contribution in [2.45, 2.75) is 18.9 Å². The second-order valence-electron chi connectivity index (χ2n) is 6.33. The summed E-state index contributed by atoms with van der Waals surface area (Å²) in [6.45, 7) is -0.313. The Balaban J connectivity index is 1.88. The minimum atomic E-state index is -0.694. The lowest BCUT2D eigenvalue weighted by Crippen LogP contribution is -2.39. The summed E-state index contributed by atoms with van der Waals surface area (Å²) in [6, 6.07) is 8.52. The lowest BCUT2D eigenvalue weighted by Gasteiger charge is -2.29. The Morgan fingerprint density at radius 2 is 1.96 bits per heavy atom. The molecule has 0 aromatic heterocycles. The largest absolute Gasteiger partial charge is 0.469 e. The van der Waals surface area contributed by atoms with Crippen molar-refractivity contribution in [1.29, 1.82) is 0 Å². The topological polar surface area (TPSA) is 89.9 Å². The minimum Gasteiger partial charge on any atom is -0.469 e. The van der Waals surface area contributed by atoms with Crippen molar-refractivity contribution < 1.29 is 29.0 Å². The van der Waals surface area contributed by atoms with Gasteiger partial charge in [-0.3, -0.25) is 9.59 Å². The molecule has 0 unspecified atom stereocenters. The Kier molecular flexibility index (Phi) is 4.66. The average molecular weight is 332 g/mol. The number of methoxy groups -OCH3 is 1. The van der Waals surface area contributed by atoms with Gasteiger partial charge in [0.15, 0.2) is 0 Å². The number of hydrogen-bond donors (Lipinski definition) is 1. The lowest BCUT2D eigenvalue weighted by atomic mass is 9.83. The van der Waals surface area contributed by atoms with E-state index in [1.165, 1.54) is 7.11 Å². The highest BCUT2D eigenvalue weighted by molar-refractivity contribution is 5.91. The molecule has 1 aromatic rings. The van der Waals surface area contributed by atoms with Crippen LogP contribution in [-0.2, 0) is 19.1 Å². The molecule has 2 bridgehead atoms. The Morgan fingerprint density at radius 3 is 2.58 bits per heavy atom. The fourth-order valence-electron chi connectivity index (χ4n) is 4.14. The van der Waals surface area contributed by atoms with Crippen LogP contribution in [0.2, 0.25) is 0 Å². The van der Waals surface area contributed by atoms with E-state index in [4.69, 9.17) is 9.47 Å². The van der Waals surface area contributed by atoms with Crippen LogP contribution < -0.4 is 0 Å². The van der Waals surface area contributed by atoms with E-state index < -0.39 is 35.8 Å². The van der Waals surface area contributed by atoms with Crippen molar-refractivity contribution >= 4 is 17.7 Å². The molecule has 6 heteroatoms. The van der Waals surface area contributed by atoms with Gasteiger partial charge in [-0.15, -0.1) is 0 Å². The van der Waals surface area contributed by atoms with E-state index in [-0.39, 0.29) is 18.3 Å². The third-order valence-corrected chi connectivity index (χ3v) is 5.19. The molecule has 0 saturated heterocycles. The van der Waals surface area contributed by atoms with E-state index in [1.807, 2.05) is 0 Å². The molecular formula is C18H20O6. The van der Waals surface area contributed by atoms with Gasteiger partial charge in [-0.25, -0.2) is 4.79 Å². The van der Waals surface area contributed by atoms with Gasteiger partial charge in [-0.05, 0) is 18.6 Å². The van der Waals surface area contributed by atoms with Crippen LogP contribution in [0.4, 0.5) is 0 Å². The molecule has 3 rings (SSSR count). The molecule has 6 nitrogen and oxygen atoms in total. The molecule has 5 atom stereocenters. The molecule has 1 N–H and O–H groups in total. The van der Waals surface area contributed by atoms with Gasteiger partial charge in [0.1, 0.15) is 11.9 Å². The minimum absolute atomic E-state index is 0.0671. The molecular weight excluding hydrogens is 312 g/mol. The number of carbonyl (C=O) groups excluding carboxylic acids is 3. The second-order valence-corrected chi connectivity index (χ2v) is 6.33. The molecule has 0 aliphatic heterocycles. The monoisotopic (exact) mass is 332 g/mol. The summed E-state index contributed by atoms with van der Waals surface area (Å²) in [5, 5.41) is 9.71. The van der Waals surface area contributed by atoms with Crippen molar-refractivity contribution in [3.63, 3.8) is 0 Å². The predicted octanol–water partition coefficient (Wildman–Crippen LogP) is 1.22. The molecule has 2 saturated carbocycles. The molecule has 2 aliphatic carbocycles. The number of aliphatic hydroxyl groups is 1. The number of ether oxygens (including phenoxy) is 2. The summed E-state index contributed by atoms with van der Waals surface area (Å²) in [7, 11) is 1.28. The highest BCUT2D eigenvalue weighted by atomic mass is 16.5. The second kappa shape index (κ2) is 6.73. The first-order valence-corrected chi connectivity index (χ1v) is 8.06. The van der Waals surface area contributed by atoms with Crippen LogP contribution in [0.3, 0.4) is 0 Å². The van der Waals surface area contributed by atoms with Gasteiger partial charge in [0, 0.05) is 24.9 Å². The number of aliphatic hydroxyl groups excluding tert-OH is 1. The number of benzene rings is 1. The molecule has 128 valence electrons. The Morgan fingerprint density at radius 1 is 1.25 bits per heavy atom. The quantitative estimate of drug-likeness (QED) is 0.834. The Labute approximate surface area is 139 Å².